The minimum absolute atomic E-state index is 0.196. The van der Waals surface area contributed by atoms with E-state index in [1.165, 1.54) is 103 Å². The van der Waals surface area contributed by atoms with Crippen LogP contribution in [0.2, 0.25) is 0 Å². The topological polar surface area (TPSA) is 13.0 Å². The van der Waals surface area contributed by atoms with Gasteiger partial charge in [0.25, 0.3) is 13.4 Å². The molecule has 19 aromatic carbocycles. The normalized spacial score (nSPS) is 13.1. The van der Waals surface area contributed by atoms with Gasteiger partial charge in [-0.3, -0.25) is 0 Å². The van der Waals surface area contributed by atoms with Crippen LogP contribution in [0, 0.1) is 0 Å². The molecule has 0 atom stereocenters. The molecule has 4 aliphatic heterocycles. The summed E-state index contributed by atoms with van der Waals surface area (Å²) in [5, 5.41) is 15.0. The summed E-state index contributed by atoms with van der Waals surface area (Å²) in [6, 6.07) is 147. The van der Waals surface area contributed by atoms with Crippen LogP contribution in [0.25, 0.3) is 109 Å². The first-order valence-electron chi connectivity index (χ1n) is 37.6. The van der Waals surface area contributed by atoms with Crippen LogP contribution in [0.1, 0.15) is 0 Å². The van der Waals surface area contributed by atoms with E-state index in [2.05, 4.69) is 408 Å². The molecule has 4 nitrogen and oxygen atoms in total. The number of nitrogens with zero attached hydrogens (tertiary/aromatic N) is 4. The summed E-state index contributed by atoms with van der Waals surface area (Å²) in [6.07, 6.45) is 0. The summed E-state index contributed by atoms with van der Waals surface area (Å²) in [4.78, 5) is 10.5. The van der Waals surface area contributed by atoms with Crippen LogP contribution < -0.4 is 52.4 Å². The van der Waals surface area contributed by atoms with Gasteiger partial charge in [0.1, 0.15) is 0 Å². The van der Waals surface area contributed by atoms with Gasteiger partial charge in [0.2, 0.25) is 0 Å². The largest absolute Gasteiger partial charge is 0.311 e. The molecule has 0 radical (unpaired) electrons. The quantitative estimate of drug-likeness (QED) is 0.111. The molecule has 0 unspecified atom stereocenters. The Bertz CT molecular complexity index is 6800. The highest BCUT2D eigenvalue weighted by Crippen LogP contribution is 2.55. The molecule has 0 bridgehead atoms. The van der Waals surface area contributed by atoms with E-state index in [9.17, 15) is 0 Å². The van der Waals surface area contributed by atoms with Gasteiger partial charge in [-0.25, -0.2) is 0 Å². The number of anilines is 12. The van der Waals surface area contributed by atoms with Crippen molar-refractivity contribution >= 4 is 179 Å². The third-order valence-electron chi connectivity index (χ3n) is 23.7. The predicted octanol–water partition coefficient (Wildman–Crippen LogP) is 23.4. The Morgan fingerprint density at radius 2 is 0.417 bits per heavy atom. The number of benzene rings is 19. The number of para-hydroxylation sites is 4. The molecule has 0 saturated carbocycles. The summed E-state index contributed by atoms with van der Waals surface area (Å²) in [6.45, 7) is -0.420. The number of rotatable bonds is 8. The first-order chi connectivity index (χ1) is 53.7. The molecular weight excluding hydrogens is 1300 g/mol. The van der Waals surface area contributed by atoms with Crippen molar-refractivity contribution in [3.8, 4) is 44.5 Å². The third kappa shape index (κ3) is 8.83. The molecule has 0 aliphatic carbocycles. The third-order valence-corrected chi connectivity index (χ3v) is 23.7. The Morgan fingerprint density at radius 3 is 0.787 bits per heavy atom. The minimum Gasteiger partial charge on any atom is -0.311 e. The molecule has 4 aliphatic rings. The van der Waals surface area contributed by atoms with Crippen LogP contribution in [0.3, 0.4) is 0 Å². The highest BCUT2D eigenvalue weighted by molar-refractivity contribution is 7.03. The highest BCUT2D eigenvalue weighted by Gasteiger charge is 2.49. The smallest absolute Gasteiger partial charge is 0.252 e. The molecule has 4 heterocycles. The Kier molecular flexibility index (Phi) is 13.3. The van der Waals surface area contributed by atoms with E-state index in [0.717, 1.165) is 107 Å². The van der Waals surface area contributed by atoms with E-state index in [1.54, 1.807) is 0 Å². The Hall–Kier alpha value is -13.9. The molecule has 108 heavy (non-hydrogen) atoms. The van der Waals surface area contributed by atoms with E-state index < -0.39 is 0 Å². The second-order valence-electron chi connectivity index (χ2n) is 29.2. The second kappa shape index (κ2) is 23.8. The Morgan fingerprint density at radius 1 is 0.157 bits per heavy atom. The lowest BCUT2D eigenvalue weighted by Gasteiger charge is -2.48. The van der Waals surface area contributed by atoms with Gasteiger partial charge in [-0.05, 0) is 186 Å². The molecule has 6 heteroatoms. The summed E-state index contributed by atoms with van der Waals surface area (Å²) in [5.74, 6) is 0. The molecule has 0 spiro atoms. The van der Waals surface area contributed by atoms with Crippen LogP contribution in [0.15, 0.2) is 388 Å². The van der Waals surface area contributed by atoms with Gasteiger partial charge in [-0.1, -0.05) is 322 Å². The van der Waals surface area contributed by atoms with E-state index in [1.807, 2.05) is 0 Å². The van der Waals surface area contributed by atoms with E-state index >= 15 is 0 Å². The first-order valence-corrected chi connectivity index (χ1v) is 37.6. The fraction of sp³-hybridized carbons (Fsp3) is 0. The van der Waals surface area contributed by atoms with Crippen molar-refractivity contribution in [2.24, 2.45) is 0 Å². The molecule has 0 amide bonds. The summed E-state index contributed by atoms with van der Waals surface area (Å²) < 4.78 is 0. The van der Waals surface area contributed by atoms with Gasteiger partial charge in [-0.2, -0.15) is 0 Å². The zero-order valence-corrected chi connectivity index (χ0v) is 58.9. The van der Waals surface area contributed by atoms with Crippen molar-refractivity contribution in [1.82, 2.24) is 0 Å². The Balaban J connectivity index is 0.844. The molecule has 0 saturated heterocycles. The van der Waals surface area contributed by atoms with Crippen molar-refractivity contribution in [3.63, 3.8) is 0 Å². The fourth-order valence-corrected chi connectivity index (χ4v) is 19.3. The zero-order chi connectivity index (χ0) is 70.7. The van der Waals surface area contributed by atoms with Crippen molar-refractivity contribution in [2.45, 2.75) is 0 Å². The van der Waals surface area contributed by atoms with Gasteiger partial charge < -0.3 is 19.6 Å². The molecular formula is C102H64B2N4. The lowest BCUT2D eigenvalue weighted by Crippen LogP contribution is -2.65. The lowest BCUT2D eigenvalue weighted by atomic mass is 9.30. The van der Waals surface area contributed by atoms with Crippen molar-refractivity contribution in [3.05, 3.63) is 388 Å². The minimum atomic E-state index is -0.224. The standard InChI is InChI=1S/C102H64B2N4/c1-5-29-65(30-6-1)71-45-25-46-72(66-31-7-2-8-32-66)101(71)107-92-52-24-22-50-88(92)104-90-63-89-97(64-98(90)108(96-56-28-55-95(107)100(96)104)102-73(67-33-9-3-10-34-67)47-26-48-74(102)68-35-11-4-12-36-68)106(70-58-60-84-80-42-16-14-38-76(80)78-40-18-20-44-82(78)86(84)62-70)94-54-27-53-93-99(94)103(89)87-49-21-23-51-91(87)105(93)69-57-59-83-79-41-15-13-37-75(79)77-39-17-19-43-81(77)85(83)61-69/h1-64H. The molecule has 0 fully saturated rings. The summed E-state index contributed by atoms with van der Waals surface area (Å²) >= 11 is 0. The molecule has 23 rings (SSSR count). The molecule has 498 valence electrons. The number of hydrogen-bond donors (Lipinski definition) is 0. The van der Waals surface area contributed by atoms with Gasteiger partial charge in [0.05, 0.1) is 11.4 Å². The van der Waals surface area contributed by atoms with Gasteiger partial charge in [0.15, 0.2) is 0 Å². The van der Waals surface area contributed by atoms with E-state index in [0.29, 0.717) is 0 Å². The molecule has 0 aromatic heterocycles. The van der Waals surface area contributed by atoms with Crippen LogP contribution in [0.4, 0.5) is 68.2 Å². The monoisotopic (exact) mass is 1370 g/mol. The second-order valence-corrected chi connectivity index (χ2v) is 29.2. The lowest BCUT2D eigenvalue weighted by molar-refractivity contribution is 1.24. The maximum atomic E-state index is 2.69. The summed E-state index contributed by atoms with van der Waals surface area (Å²) in [7, 11) is 0. The van der Waals surface area contributed by atoms with Crippen molar-refractivity contribution < 1.29 is 0 Å². The zero-order valence-electron chi connectivity index (χ0n) is 58.9. The predicted molar refractivity (Wildman–Crippen MR) is 461 cm³/mol. The first kappa shape index (κ1) is 60.5. The average molecular weight is 1370 g/mol. The van der Waals surface area contributed by atoms with E-state index in [4.69, 9.17) is 0 Å². The highest BCUT2D eigenvalue weighted by atomic mass is 15.2. The maximum Gasteiger partial charge on any atom is 0.252 e. The van der Waals surface area contributed by atoms with Gasteiger partial charge in [-0.15, -0.1) is 0 Å². The number of fused-ring (bicyclic) bond motifs is 20. The van der Waals surface area contributed by atoms with Crippen molar-refractivity contribution in [2.75, 3.05) is 19.6 Å². The van der Waals surface area contributed by atoms with Gasteiger partial charge in [0, 0.05) is 79.1 Å². The van der Waals surface area contributed by atoms with Crippen LogP contribution in [0.5, 0.6) is 0 Å². The molecule has 0 N–H and O–H groups in total. The number of hydrogen-bond acceptors (Lipinski definition) is 4. The van der Waals surface area contributed by atoms with Crippen LogP contribution in [-0.2, 0) is 0 Å². The SMILES string of the molecule is c1ccc(-c2cccc(-c3ccccc3)c2N2c3ccccc3B3c4cc5c(cc4N(c4c(-c6ccccc6)cccc4-c4ccccc4)c4cccc2c43)N(c2ccc3c4ccccc4c4ccccc4c3c2)c2cccc3c2B5c2ccccc2N3c2ccc3c4ccccc4c4ccccc4c3c2)cc1. The maximum absolute atomic E-state index is 2.69. The summed E-state index contributed by atoms with van der Waals surface area (Å²) in [5.41, 5.74) is 30.4. The average Bonchev–Trinajstić information content (AvgIpc) is 0.680. The molecule has 19 aromatic rings. The van der Waals surface area contributed by atoms with Crippen molar-refractivity contribution in [1.29, 1.82) is 0 Å². The van der Waals surface area contributed by atoms with Gasteiger partial charge >= 0.3 is 0 Å². The fourth-order valence-electron chi connectivity index (χ4n) is 19.3. The van der Waals surface area contributed by atoms with Crippen LogP contribution >= 0.6 is 0 Å². The van der Waals surface area contributed by atoms with Crippen LogP contribution in [-0.4, -0.2) is 13.4 Å². The Labute approximate surface area is 627 Å². The van der Waals surface area contributed by atoms with E-state index in [-0.39, 0.29) is 13.4 Å².